The molecule has 3 heterocycles. The average molecular weight is 351 g/mol. The van der Waals surface area contributed by atoms with Crippen LogP contribution in [0.1, 0.15) is 12.8 Å². The van der Waals surface area contributed by atoms with Crippen molar-refractivity contribution in [1.82, 2.24) is 15.0 Å². The Bertz CT molecular complexity index is 742. The summed E-state index contributed by atoms with van der Waals surface area (Å²) in [6, 6.07) is 3.42. The fourth-order valence-electron chi connectivity index (χ4n) is 2.49. The van der Waals surface area contributed by atoms with Gasteiger partial charge >= 0.3 is 5.69 Å². The largest absolute Gasteiger partial charge is 0.472 e. The SMILES string of the molecule is Nc1nc(N2CCCC(Oc3ccc(Cl)cn3)C2)ncc1[N+](=O)[O-]. The molecule has 1 aliphatic heterocycles. The molecule has 1 saturated heterocycles. The van der Waals surface area contributed by atoms with Crippen molar-refractivity contribution in [2.75, 3.05) is 23.7 Å². The lowest BCUT2D eigenvalue weighted by molar-refractivity contribution is -0.384. The van der Waals surface area contributed by atoms with E-state index in [9.17, 15) is 10.1 Å². The van der Waals surface area contributed by atoms with Crippen LogP contribution >= 0.6 is 11.6 Å². The second kappa shape index (κ2) is 6.83. The molecule has 9 nitrogen and oxygen atoms in total. The molecule has 24 heavy (non-hydrogen) atoms. The summed E-state index contributed by atoms with van der Waals surface area (Å²) in [5.41, 5.74) is 5.33. The summed E-state index contributed by atoms with van der Waals surface area (Å²) >= 11 is 5.80. The third-order valence-corrected chi connectivity index (χ3v) is 3.85. The van der Waals surface area contributed by atoms with Crippen LogP contribution in [0.5, 0.6) is 5.88 Å². The van der Waals surface area contributed by atoms with Gasteiger partial charge in [0.25, 0.3) is 0 Å². The number of ether oxygens (including phenoxy) is 1. The summed E-state index contributed by atoms with van der Waals surface area (Å²) in [6.45, 7) is 1.27. The number of piperidine rings is 1. The number of pyridine rings is 1. The number of aromatic nitrogens is 3. The summed E-state index contributed by atoms with van der Waals surface area (Å²) in [5.74, 6) is 0.707. The van der Waals surface area contributed by atoms with Gasteiger partial charge in [-0.1, -0.05) is 11.6 Å². The molecule has 2 N–H and O–H groups in total. The number of nitrogen functional groups attached to an aromatic ring is 1. The molecule has 1 unspecified atom stereocenters. The summed E-state index contributed by atoms with van der Waals surface area (Å²) in [4.78, 5) is 24.3. The Kier molecular flexibility index (Phi) is 4.61. The van der Waals surface area contributed by atoms with Gasteiger partial charge in [0.1, 0.15) is 12.3 Å². The van der Waals surface area contributed by atoms with E-state index in [1.165, 1.54) is 6.20 Å². The van der Waals surface area contributed by atoms with E-state index in [1.54, 1.807) is 12.1 Å². The maximum Gasteiger partial charge on any atom is 0.329 e. The first-order valence-corrected chi connectivity index (χ1v) is 7.71. The molecule has 126 valence electrons. The number of nitro groups is 1. The standard InChI is InChI=1S/C14H15ClN6O3/c15-9-3-4-12(17-6-9)24-10-2-1-5-20(8-10)14-18-7-11(21(22)23)13(16)19-14/h3-4,6-7,10H,1-2,5,8H2,(H2,16,18,19). The Morgan fingerprint density at radius 1 is 1.38 bits per heavy atom. The highest BCUT2D eigenvalue weighted by Crippen LogP contribution is 2.24. The molecule has 0 amide bonds. The lowest BCUT2D eigenvalue weighted by Gasteiger charge is -2.32. The second-order valence-electron chi connectivity index (χ2n) is 5.34. The van der Waals surface area contributed by atoms with Gasteiger partial charge in [0.15, 0.2) is 0 Å². The first kappa shape index (κ1) is 16.2. The van der Waals surface area contributed by atoms with Gasteiger partial charge in [-0.2, -0.15) is 4.98 Å². The quantitative estimate of drug-likeness (QED) is 0.657. The molecule has 0 radical (unpaired) electrons. The average Bonchev–Trinajstić information content (AvgIpc) is 2.57. The highest BCUT2D eigenvalue weighted by Gasteiger charge is 2.25. The Labute approximate surface area is 142 Å². The van der Waals surface area contributed by atoms with E-state index in [4.69, 9.17) is 22.1 Å². The van der Waals surface area contributed by atoms with Crippen molar-refractivity contribution in [3.63, 3.8) is 0 Å². The Hall–Kier alpha value is -2.68. The summed E-state index contributed by atoms with van der Waals surface area (Å²) < 4.78 is 5.85. The van der Waals surface area contributed by atoms with Crippen molar-refractivity contribution < 1.29 is 9.66 Å². The van der Waals surface area contributed by atoms with Crippen molar-refractivity contribution in [3.05, 3.63) is 39.7 Å². The molecule has 0 bridgehead atoms. The van der Waals surface area contributed by atoms with Crippen LogP contribution in [0.3, 0.4) is 0 Å². The Balaban J connectivity index is 1.70. The van der Waals surface area contributed by atoms with E-state index in [0.29, 0.717) is 23.4 Å². The highest BCUT2D eigenvalue weighted by atomic mass is 35.5. The maximum absolute atomic E-state index is 10.8. The van der Waals surface area contributed by atoms with Crippen LogP contribution in [0, 0.1) is 10.1 Å². The van der Waals surface area contributed by atoms with Crippen molar-refractivity contribution in [1.29, 1.82) is 0 Å². The predicted molar refractivity (Wildman–Crippen MR) is 88.2 cm³/mol. The number of nitrogens with zero attached hydrogens (tertiary/aromatic N) is 5. The van der Waals surface area contributed by atoms with E-state index in [0.717, 1.165) is 25.6 Å². The summed E-state index contributed by atoms with van der Waals surface area (Å²) in [7, 11) is 0. The molecule has 0 saturated carbocycles. The van der Waals surface area contributed by atoms with E-state index in [2.05, 4.69) is 15.0 Å². The summed E-state index contributed by atoms with van der Waals surface area (Å²) in [5, 5.41) is 11.3. The third-order valence-electron chi connectivity index (χ3n) is 3.63. The zero-order chi connectivity index (χ0) is 17.1. The van der Waals surface area contributed by atoms with E-state index in [-0.39, 0.29) is 17.6 Å². The van der Waals surface area contributed by atoms with Crippen molar-refractivity contribution >= 4 is 29.1 Å². The topological polar surface area (TPSA) is 120 Å². The van der Waals surface area contributed by atoms with Gasteiger partial charge in [-0.25, -0.2) is 9.97 Å². The second-order valence-corrected chi connectivity index (χ2v) is 5.78. The van der Waals surface area contributed by atoms with Crippen LogP contribution in [0.2, 0.25) is 5.02 Å². The molecule has 10 heteroatoms. The number of nitrogens with two attached hydrogens (primary N) is 1. The van der Waals surface area contributed by atoms with Crippen LogP contribution in [0.25, 0.3) is 0 Å². The zero-order valence-electron chi connectivity index (χ0n) is 12.6. The first-order chi connectivity index (χ1) is 11.5. The van der Waals surface area contributed by atoms with Crippen molar-refractivity contribution in [2.45, 2.75) is 18.9 Å². The molecule has 2 aromatic rings. The molecule has 0 aliphatic carbocycles. The van der Waals surface area contributed by atoms with Crippen LogP contribution in [0.4, 0.5) is 17.5 Å². The molecule has 0 aromatic carbocycles. The minimum Gasteiger partial charge on any atom is -0.472 e. The van der Waals surface area contributed by atoms with Crippen molar-refractivity contribution in [3.8, 4) is 5.88 Å². The smallest absolute Gasteiger partial charge is 0.329 e. The fourth-order valence-corrected chi connectivity index (χ4v) is 2.60. The van der Waals surface area contributed by atoms with Crippen LogP contribution in [-0.2, 0) is 0 Å². The van der Waals surface area contributed by atoms with Crippen molar-refractivity contribution in [2.24, 2.45) is 0 Å². The van der Waals surface area contributed by atoms with Gasteiger partial charge in [0.05, 0.1) is 16.5 Å². The van der Waals surface area contributed by atoms with Crippen LogP contribution in [0.15, 0.2) is 24.5 Å². The monoisotopic (exact) mass is 350 g/mol. The molecule has 0 spiro atoms. The van der Waals surface area contributed by atoms with Crippen LogP contribution in [-0.4, -0.2) is 39.1 Å². The number of anilines is 2. The summed E-state index contributed by atoms with van der Waals surface area (Å²) in [6.07, 6.45) is 4.30. The molecular formula is C14H15ClN6O3. The number of hydrogen-bond donors (Lipinski definition) is 1. The zero-order valence-corrected chi connectivity index (χ0v) is 13.4. The molecule has 1 atom stereocenters. The van der Waals surface area contributed by atoms with E-state index < -0.39 is 4.92 Å². The fraction of sp³-hybridized carbons (Fsp3) is 0.357. The maximum atomic E-state index is 10.8. The van der Waals surface area contributed by atoms with Crippen LogP contribution < -0.4 is 15.4 Å². The van der Waals surface area contributed by atoms with Gasteiger partial charge < -0.3 is 15.4 Å². The van der Waals surface area contributed by atoms with E-state index >= 15 is 0 Å². The number of halogens is 1. The number of rotatable bonds is 4. The normalized spacial score (nSPS) is 17.5. The molecule has 3 rings (SSSR count). The predicted octanol–water partition coefficient (Wildman–Crippen LogP) is 2.06. The van der Waals surface area contributed by atoms with Gasteiger partial charge in [0, 0.05) is 18.8 Å². The van der Waals surface area contributed by atoms with Gasteiger partial charge in [-0.05, 0) is 18.9 Å². The van der Waals surface area contributed by atoms with Gasteiger partial charge in [-0.15, -0.1) is 0 Å². The minimum absolute atomic E-state index is 0.0903. The number of hydrogen-bond acceptors (Lipinski definition) is 8. The van der Waals surface area contributed by atoms with Gasteiger partial charge in [-0.3, -0.25) is 10.1 Å². The lowest BCUT2D eigenvalue weighted by Crippen LogP contribution is -2.42. The first-order valence-electron chi connectivity index (χ1n) is 7.33. The molecular weight excluding hydrogens is 336 g/mol. The Morgan fingerprint density at radius 3 is 2.88 bits per heavy atom. The lowest BCUT2D eigenvalue weighted by atomic mass is 10.1. The third kappa shape index (κ3) is 3.62. The van der Waals surface area contributed by atoms with E-state index in [1.807, 2.05) is 4.90 Å². The minimum atomic E-state index is -0.604. The Morgan fingerprint density at radius 2 is 2.21 bits per heavy atom. The molecule has 1 fully saturated rings. The molecule has 2 aromatic heterocycles. The van der Waals surface area contributed by atoms with Gasteiger partial charge in [0.2, 0.25) is 17.6 Å². The highest BCUT2D eigenvalue weighted by molar-refractivity contribution is 6.30. The molecule has 1 aliphatic rings.